The summed E-state index contributed by atoms with van der Waals surface area (Å²) in [4.78, 5) is 10.4. The highest BCUT2D eigenvalue weighted by molar-refractivity contribution is 5.79. The van der Waals surface area contributed by atoms with Gasteiger partial charge in [-0.2, -0.15) is 0 Å². The number of primary amides is 1. The van der Waals surface area contributed by atoms with Gasteiger partial charge in [0, 0.05) is 5.92 Å². The van der Waals surface area contributed by atoms with Crippen LogP contribution in [0, 0.1) is 17.8 Å². The zero-order valence-electron chi connectivity index (χ0n) is 4.63. The maximum absolute atomic E-state index is 10.4. The molecule has 44 valence electrons. The second-order valence-corrected chi connectivity index (χ2v) is 2.92. The van der Waals surface area contributed by atoms with E-state index in [9.17, 15) is 4.79 Å². The molecule has 0 radical (unpaired) electrons. The van der Waals surface area contributed by atoms with E-state index >= 15 is 0 Å². The first-order chi connectivity index (χ1) is 3.79. The second-order valence-electron chi connectivity index (χ2n) is 2.92. The van der Waals surface area contributed by atoms with Crippen molar-refractivity contribution in [2.45, 2.75) is 12.8 Å². The van der Waals surface area contributed by atoms with E-state index in [4.69, 9.17) is 5.73 Å². The molecule has 0 aromatic carbocycles. The van der Waals surface area contributed by atoms with Crippen LogP contribution in [0.1, 0.15) is 12.8 Å². The SMILES string of the molecule is NC(=O)C1C2CC1C2. The topological polar surface area (TPSA) is 43.1 Å². The first-order valence-electron chi connectivity index (χ1n) is 3.08. The molecule has 3 aliphatic rings. The van der Waals surface area contributed by atoms with Gasteiger partial charge in [-0.1, -0.05) is 0 Å². The van der Waals surface area contributed by atoms with E-state index in [0.29, 0.717) is 11.8 Å². The third kappa shape index (κ3) is 0.288. The van der Waals surface area contributed by atoms with E-state index in [1.807, 2.05) is 0 Å². The van der Waals surface area contributed by atoms with Crippen LogP contribution in [-0.4, -0.2) is 5.91 Å². The number of hydrogen-bond donors (Lipinski definition) is 1. The third-order valence-electron chi connectivity index (χ3n) is 2.56. The number of amides is 1. The van der Waals surface area contributed by atoms with Crippen LogP contribution < -0.4 is 5.73 Å². The van der Waals surface area contributed by atoms with E-state index < -0.39 is 0 Å². The molecule has 0 heterocycles. The van der Waals surface area contributed by atoms with E-state index in [2.05, 4.69) is 0 Å². The number of nitrogens with two attached hydrogens (primary N) is 1. The molecule has 2 bridgehead atoms. The van der Waals surface area contributed by atoms with E-state index in [0.717, 1.165) is 0 Å². The molecule has 2 N–H and O–H groups in total. The lowest BCUT2D eigenvalue weighted by Gasteiger charge is -2.56. The van der Waals surface area contributed by atoms with Crippen molar-refractivity contribution in [2.75, 3.05) is 0 Å². The Balaban J connectivity index is 2.03. The summed E-state index contributed by atoms with van der Waals surface area (Å²) in [6, 6.07) is 0. The smallest absolute Gasteiger partial charge is 0.221 e. The fourth-order valence-corrected chi connectivity index (χ4v) is 1.75. The van der Waals surface area contributed by atoms with Gasteiger partial charge in [-0.3, -0.25) is 4.79 Å². The molecular weight excluding hydrogens is 102 g/mol. The monoisotopic (exact) mass is 111 g/mol. The predicted molar refractivity (Wildman–Crippen MR) is 28.9 cm³/mol. The first kappa shape index (κ1) is 4.36. The summed E-state index contributed by atoms with van der Waals surface area (Å²) < 4.78 is 0. The maximum atomic E-state index is 10.4. The average Bonchev–Trinajstić information content (AvgIpc) is 1.14. The Morgan fingerprint density at radius 2 is 1.88 bits per heavy atom. The molecule has 0 saturated heterocycles. The Bertz CT molecular complexity index is 129. The number of hydrogen-bond acceptors (Lipinski definition) is 1. The molecular formula is C6H9NO. The van der Waals surface area contributed by atoms with Gasteiger partial charge in [0.25, 0.3) is 0 Å². The van der Waals surface area contributed by atoms with Gasteiger partial charge in [-0.15, -0.1) is 0 Å². The van der Waals surface area contributed by atoms with Crippen molar-refractivity contribution < 1.29 is 4.79 Å². The molecule has 3 saturated carbocycles. The molecule has 0 unspecified atom stereocenters. The Morgan fingerprint density at radius 1 is 1.38 bits per heavy atom. The minimum Gasteiger partial charge on any atom is -0.369 e. The minimum atomic E-state index is -0.0718. The first-order valence-corrected chi connectivity index (χ1v) is 3.08. The van der Waals surface area contributed by atoms with E-state index in [-0.39, 0.29) is 11.8 Å². The Labute approximate surface area is 48.1 Å². The summed E-state index contributed by atoms with van der Waals surface area (Å²) in [7, 11) is 0. The van der Waals surface area contributed by atoms with Crippen LogP contribution in [0.15, 0.2) is 0 Å². The summed E-state index contributed by atoms with van der Waals surface area (Å²) in [6.45, 7) is 0. The van der Waals surface area contributed by atoms with Gasteiger partial charge in [0.15, 0.2) is 0 Å². The Kier molecular flexibility index (Phi) is 0.581. The summed E-state index contributed by atoms with van der Waals surface area (Å²) in [6.07, 6.45) is 2.54. The second kappa shape index (κ2) is 1.07. The van der Waals surface area contributed by atoms with Crippen molar-refractivity contribution in [3.63, 3.8) is 0 Å². The van der Waals surface area contributed by atoms with Gasteiger partial charge < -0.3 is 5.73 Å². The molecule has 0 atom stereocenters. The lowest BCUT2D eigenvalue weighted by molar-refractivity contribution is -0.148. The van der Waals surface area contributed by atoms with Gasteiger partial charge in [-0.05, 0) is 24.7 Å². The Hall–Kier alpha value is -0.530. The maximum Gasteiger partial charge on any atom is 0.221 e. The van der Waals surface area contributed by atoms with Gasteiger partial charge in [-0.25, -0.2) is 0 Å². The molecule has 3 fully saturated rings. The van der Waals surface area contributed by atoms with Gasteiger partial charge in [0.05, 0.1) is 0 Å². The van der Waals surface area contributed by atoms with Crippen molar-refractivity contribution in [2.24, 2.45) is 23.5 Å². The van der Waals surface area contributed by atoms with Gasteiger partial charge in [0.2, 0.25) is 5.91 Å². The quantitative estimate of drug-likeness (QED) is 0.513. The normalized spacial score (nSPS) is 49.2. The fourth-order valence-electron chi connectivity index (χ4n) is 1.75. The average molecular weight is 111 g/mol. The number of rotatable bonds is 1. The summed E-state index contributed by atoms with van der Waals surface area (Å²) >= 11 is 0. The van der Waals surface area contributed by atoms with Crippen molar-refractivity contribution >= 4 is 5.91 Å². The van der Waals surface area contributed by atoms with Gasteiger partial charge in [0.1, 0.15) is 0 Å². The van der Waals surface area contributed by atoms with E-state index in [1.165, 1.54) is 12.8 Å². The van der Waals surface area contributed by atoms with Crippen molar-refractivity contribution in [3.8, 4) is 0 Å². The van der Waals surface area contributed by atoms with Crippen LogP contribution in [0.5, 0.6) is 0 Å². The zero-order valence-corrected chi connectivity index (χ0v) is 4.63. The molecule has 2 heteroatoms. The van der Waals surface area contributed by atoms with Crippen LogP contribution in [0.4, 0.5) is 0 Å². The Morgan fingerprint density at radius 3 is 1.88 bits per heavy atom. The van der Waals surface area contributed by atoms with Crippen LogP contribution in [0.3, 0.4) is 0 Å². The summed E-state index contributed by atoms with van der Waals surface area (Å²) in [5.41, 5.74) is 5.08. The molecule has 0 aromatic heterocycles. The minimum absolute atomic E-state index is 0.0718. The largest absolute Gasteiger partial charge is 0.369 e. The van der Waals surface area contributed by atoms with E-state index in [1.54, 1.807) is 0 Å². The molecule has 3 rings (SSSR count). The highest BCUT2D eigenvalue weighted by Gasteiger charge is 2.55. The molecule has 0 aromatic rings. The zero-order chi connectivity index (χ0) is 5.72. The highest BCUT2D eigenvalue weighted by atomic mass is 16.1. The standard InChI is InChI=1S/C6H9NO/c7-6(8)5-3-1-4(5)2-3/h3-5H,1-2H2,(H2,7,8). The van der Waals surface area contributed by atoms with Crippen molar-refractivity contribution in [3.05, 3.63) is 0 Å². The molecule has 0 aliphatic heterocycles. The lowest BCUT2D eigenvalue weighted by Crippen LogP contribution is -2.56. The summed E-state index contributed by atoms with van der Waals surface area (Å²) in [5.74, 6) is 1.60. The molecule has 3 aliphatic carbocycles. The van der Waals surface area contributed by atoms with Crippen LogP contribution in [-0.2, 0) is 4.79 Å². The van der Waals surface area contributed by atoms with Gasteiger partial charge >= 0.3 is 0 Å². The number of carbonyl (C=O) groups excluding carboxylic acids is 1. The van der Waals surface area contributed by atoms with Crippen molar-refractivity contribution in [1.82, 2.24) is 0 Å². The van der Waals surface area contributed by atoms with Crippen LogP contribution >= 0.6 is 0 Å². The van der Waals surface area contributed by atoms with Crippen molar-refractivity contribution in [1.29, 1.82) is 0 Å². The highest BCUT2D eigenvalue weighted by Crippen LogP contribution is 2.58. The fraction of sp³-hybridized carbons (Fsp3) is 0.833. The summed E-state index contributed by atoms with van der Waals surface area (Å²) in [5, 5.41) is 0. The molecule has 1 amide bonds. The number of carbonyl (C=O) groups is 1. The predicted octanol–water partition coefficient (Wildman–Crippen LogP) is 0.128. The molecule has 8 heavy (non-hydrogen) atoms. The van der Waals surface area contributed by atoms with Crippen LogP contribution in [0.25, 0.3) is 0 Å². The molecule has 2 nitrogen and oxygen atoms in total. The third-order valence-corrected chi connectivity index (χ3v) is 2.56. The molecule has 0 spiro atoms. The lowest BCUT2D eigenvalue weighted by atomic mass is 9.48. The van der Waals surface area contributed by atoms with Crippen LogP contribution in [0.2, 0.25) is 0 Å².